The molecule has 10 heteroatoms. The fraction of sp³-hybridized carbons (Fsp3) is 0.409. The Balaban J connectivity index is 1.34. The number of amides is 1. The van der Waals surface area contributed by atoms with Gasteiger partial charge >= 0.3 is 0 Å². The monoisotopic (exact) mass is 480 g/mol. The lowest BCUT2D eigenvalue weighted by Crippen LogP contribution is -2.51. The summed E-state index contributed by atoms with van der Waals surface area (Å²) in [7, 11) is -3.70. The minimum Gasteiger partial charge on any atom is -0.490 e. The molecule has 1 saturated heterocycles. The van der Waals surface area contributed by atoms with E-state index in [2.05, 4.69) is 0 Å². The first-order valence-electron chi connectivity index (χ1n) is 10.4. The zero-order chi connectivity index (χ0) is 22.7. The number of aryl methyl sites for hydroxylation is 1. The number of benzene rings is 2. The van der Waals surface area contributed by atoms with E-state index in [0.717, 1.165) is 12.0 Å². The highest BCUT2D eigenvalue weighted by atomic mass is 35.5. The molecule has 0 radical (unpaired) electrons. The lowest BCUT2D eigenvalue weighted by atomic mass is 10.2. The Morgan fingerprint density at radius 3 is 2.47 bits per heavy atom. The van der Waals surface area contributed by atoms with Crippen molar-refractivity contribution in [2.24, 2.45) is 0 Å². The minimum absolute atomic E-state index is 0.115. The number of sulfonamides is 1. The normalized spacial score (nSPS) is 17.0. The maximum absolute atomic E-state index is 13.1. The molecule has 32 heavy (non-hydrogen) atoms. The summed E-state index contributed by atoms with van der Waals surface area (Å²) in [5.74, 6) is 1.36. The van der Waals surface area contributed by atoms with E-state index in [1.165, 1.54) is 16.4 Å². The highest BCUT2D eigenvalue weighted by Gasteiger charge is 2.31. The van der Waals surface area contributed by atoms with Gasteiger partial charge in [-0.25, -0.2) is 8.42 Å². The van der Waals surface area contributed by atoms with Crippen LogP contribution in [0, 0.1) is 6.92 Å². The number of hydrogen-bond acceptors (Lipinski definition) is 6. The number of fused-ring (bicyclic) bond motifs is 1. The molecular formula is C22H25ClN2O6S. The van der Waals surface area contributed by atoms with Crippen molar-refractivity contribution in [3.05, 3.63) is 47.0 Å². The molecule has 2 aliphatic heterocycles. The Kier molecular flexibility index (Phi) is 6.78. The van der Waals surface area contributed by atoms with Gasteiger partial charge in [0.2, 0.25) is 10.0 Å². The highest BCUT2D eigenvalue weighted by molar-refractivity contribution is 7.89. The third kappa shape index (κ3) is 4.95. The Bertz CT molecular complexity index is 1100. The molecule has 1 fully saturated rings. The van der Waals surface area contributed by atoms with Gasteiger partial charge in [0.25, 0.3) is 5.91 Å². The summed E-state index contributed by atoms with van der Waals surface area (Å²) >= 11 is 6.00. The van der Waals surface area contributed by atoms with Crippen LogP contribution in [0.4, 0.5) is 0 Å². The molecular weight excluding hydrogens is 456 g/mol. The molecule has 172 valence electrons. The van der Waals surface area contributed by atoms with Gasteiger partial charge in [0.15, 0.2) is 18.1 Å². The zero-order valence-electron chi connectivity index (χ0n) is 17.8. The number of nitrogens with zero attached hydrogens (tertiary/aromatic N) is 2. The second-order valence-corrected chi connectivity index (χ2v) is 9.99. The van der Waals surface area contributed by atoms with Crippen molar-refractivity contribution in [2.45, 2.75) is 18.2 Å². The average molecular weight is 481 g/mol. The van der Waals surface area contributed by atoms with E-state index in [9.17, 15) is 13.2 Å². The quantitative estimate of drug-likeness (QED) is 0.654. The molecule has 0 atom stereocenters. The van der Waals surface area contributed by atoms with Crippen molar-refractivity contribution < 1.29 is 27.4 Å². The van der Waals surface area contributed by atoms with Gasteiger partial charge in [-0.05, 0) is 42.8 Å². The van der Waals surface area contributed by atoms with Gasteiger partial charge in [-0.2, -0.15) is 4.31 Å². The van der Waals surface area contributed by atoms with Crippen molar-refractivity contribution in [1.82, 2.24) is 9.21 Å². The van der Waals surface area contributed by atoms with Crippen LogP contribution in [0.25, 0.3) is 0 Å². The topological polar surface area (TPSA) is 85.4 Å². The van der Waals surface area contributed by atoms with Gasteiger partial charge in [0, 0.05) is 43.7 Å². The molecule has 2 aromatic carbocycles. The maximum atomic E-state index is 13.1. The van der Waals surface area contributed by atoms with Gasteiger partial charge in [-0.1, -0.05) is 11.6 Å². The summed E-state index contributed by atoms with van der Waals surface area (Å²) < 4.78 is 44.3. The van der Waals surface area contributed by atoms with E-state index in [4.69, 9.17) is 25.8 Å². The molecule has 0 saturated carbocycles. The predicted molar refractivity (Wildman–Crippen MR) is 119 cm³/mol. The third-order valence-electron chi connectivity index (χ3n) is 5.44. The largest absolute Gasteiger partial charge is 0.490 e. The minimum atomic E-state index is -3.70. The van der Waals surface area contributed by atoms with Crippen LogP contribution in [-0.2, 0) is 14.8 Å². The van der Waals surface area contributed by atoms with Crippen LogP contribution in [0.1, 0.15) is 12.0 Å². The average Bonchev–Trinajstić information content (AvgIpc) is 3.04. The number of rotatable bonds is 5. The Hall–Kier alpha value is -2.49. The lowest BCUT2D eigenvalue weighted by molar-refractivity contribution is -0.134. The van der Waals surface area contributed by atoms with Crippen LogP contribution in [-0.4, -0.2) is 69.5 Å². The number of carbonyl (C=O) groups excluding carboxylic acids is 1. The van der Waals surface area contributed by atoms with Crippen LogP contribution >= 0.6 is 11.6 Å². The van der Waals surface area contributed by atoms with Crippen molar-refractivity contribution in [3.63, 3.8) is 0 Å². The number of halogens is 1. The second kappa shape index (κ2) is 9.56. The number of ether oxygens (including phenoxy) is 3. The van der Waals surface area contributed by atoms with Gasteiger partial charge in [0.1, 0.15) is 5.75 Å². The number of piperazine rings is 1. The predicted octanol–water partition coefficient (Wildman–Crippen LogP) is 2.72. The van der Waals surface area contributed by atoms with Crippen LogP contribution in [0.2, 0.25) is 5.02 Å². The van der Waals surface area contributed by atoms with E-state index >= 15 is 0 Å². The molecule has 0 spiro atoms. The Labute approximate surface area is 192 Å². The van der Waals surface area contributed by atoms with Crippen LogP contribution in [0.3, 0.4) is 0 Å². The van der Waals surface area contributed by atoms with E-state index in [1.807, 2.05) is 6.92 Å². The van der Waals surface area contributed by atoms with Crippen molar-refractivity contribution in [3.8, 4) is 17.2 Å². The smallest absolute Gasteiger partial charge is 0.260 e. The van der Waals surface area contributed by atoms with Gasteiger partial charge in [-0.15, -0.1) is 0 Å². The molecule has 2 heterocycles. The molecule has 0 aromatic heterocycles. The first kappa shape index (κ1) is 22.7. The van der Waals surface area contributed by atoms with Crippen molar-refractivity contribution >= 4 is 27.5 Å². The fourth-order valence-electron chi connectivity index (χ4n) is 3.57. The van der Waals surface area contributed by atoms with Crippen LogP contribution < -0.4 is 14.2 Å². The van der Waals surface area contributed by atoms with E-state index in [1.54, 1.807) is 29.2 Å². The molecule has 0 bridgehead atoms. The van der Waals surface area contributed by atoms with Gasteiger partial charge in [0.05, 0.1) is 18.1 Å². The fourth-order valence-corrected chi connectivity index (χ4v) is 5.13. The van der Waals surface area contributed by atoms with Gasteiger partial charge < -0.3 is 19.1 Å². The first-order valence-corrected chi connectivity index (χ1v) is 12.2. The van der Waals surface area contributed by atoms with Crippen LogP contribution in [0.5, 0.6) is 17.2 Å². The van der Waals surface area contributed by atoms with Gasteiger partial charge in [-0.3, -0.25) is 4.79 Å². The second-order valence-electron chi connectivity index (χ2n) is 7.64. The summed E-state index contributed by atoms with van der Waals surface area (Å²) in [6.45, 7) is 3.78. The molecule has 8 nitrogen and oxygen atoms in total. The molecule has 1 amide bonds. The maximum Gasteiger partial charge on any atom is 0.260 e. The SMILES string of the molecule is Cc1cc(OCC(=O)N2CCN(S(=O)(=O)c3ccc4c(c3)OCCCO4)CC2)ccc1Cl. The van der Waals surface area contributed by atoms with E-state index in [0.29, 0.717) is 48.6 Å². The summed E-state index contributed by atoms with van der Waals surface area (Å²) in [6, 6.07) is 9.87. The van der Waals surface area contributed by atoms with E-state index < -0.39 is 10.0 Å². The molecule has 0 aliphatic carbocycles. The summed E-state index contributed by atoms with van der Waals surface area (Å²) in [5.41, 5.74) is 0.866. The third-order valence-corrected chi connectivity index (χ3v) is 7.76. The van der Waals surface area contributed by atoms with Crippen molar-refractivity contribution in [2.75, 3.05) is 46.0 Å². The highest BCUT2D eigenvalue weighted by Crippen LogP contribution is 2.33. The standard InChI is InChI=1S/C22H25ClN2O6S/c1-16-13-17(3-5-19(16)23)31-15-22(26)24-7-9-25(10-8-24)32(27,28)18-4-6-20-21(14-18)30-12-2-11-29-20/h3-6,13-14H,2,7-12,15H2,1H3. The number of carbonyl (C=O) groups is 1. The molecule has 0 N–H and O–H groups in total. The molecule has 2 aromatic rings. The Morgan fingerprint density at radius 2 is 1.75 bits per heavy atom. The summed E-state index contributed by atoms with van der Waals surface area (Å²) in [4.78, 5) is 14.3. The first-order chi connectivity index (χ1) is 15.3. The molecule has 4 rings (SSSR count). The van der Waals surface area contributed by atoms with E-state index in [-0.39, 0.29) is 30.5 Å². The lowest BCUT2D eigenvalue weighted by Gasteiger charge is -2.34. The summed E-state index contributed by atoms with van der Waals surface area (Å²) in [6.07, 6.45) is 0.744. The van der Waals surface area contributed by atoms with Crippen molar-refractivity contribution in [1.29, 1.82) is 0 Å². The van der Waals surface area contributed by atoms with Crippen LogP contribution in [0.15, 0.2) is 41.3 Å². The molecule has 2 aliphatic rings. The molecule has 0 unspecified atom stereocenters. The Morgan fingerprint density at radius 1 is 1.03 bits per heavy atom. The summed E-state index contributed by atoms with van der Waals surface area (Å²) in [5, 5.41) is 0.634. The zero-order valence-corrected chi connectivity index (χ0v) is 19.3. The number of hydrogen-bond donors (Lipinski definition) is 0.